The van der Waals surface area contributed by atoms with Gasteiger partial charge < -0.3 is 5.32 Å². The maximum absolute atomic E-state index is 12.5. The minimum absolute atomic E-state index is 0.104. The number of fused-ring (bicyclic) bond motifs is 3. The molecule has 1 saturated carbocycles. The molecule has 2 heterocycles. The second-order valence-corrected chi connectivity index (χ2v) is 8.01. The van der Waals surface area contributed by atoms with Gasteiger partial charge in [0.05, 0.1) is 5.69 Å². The van der Waals surface area contributed by atoms with Gasteiger partial charge in [0.1, 0.15) is 0 Å². The average molecular weight is 331 g/mol. The highest BCUT2D eigenvalue weighted by atomic mass is 32.1. The van der Waals surface area contributed by atoms with Crippen LogP contribution in [-0.4, -0.2) is 15.4 Å². The summed E-state index contributed by atoms with van der Waals surface area (Å²) in [6.45, 7) is 0.721. The SMILES string of the molecule is O=c1cc(CNC2CCCCCC2)nc2sc3c(n12)CCCC3. The maximum atomic E-state index is 12.5. The van der Waals surface area contributed by atoms with Crippen molar-refractivity contribution >= 4 is 16.3 Å². The summed E-state index contributed by atoms with van der Waals surface area (Å²) in [5, 5.41) is 3.63. The highest BCUT2D eigenvalue weighted by Gasteiger charge is 2.19. The Hall–Kier alpha value is -1.20. The molecule has 0 saturated heterocycles. The lowest BCUT2D eigenvalue weighted by Gasteiger charge is -2.15. The zero-order chi connectivity index (χ0) is 15.6. The van der Waals surface area contributed by atoms with Crippen LogP contribution in [0.2, 0.25) is 0 Å². The van der Waals surface area contributed by atoms with Gasteiger partial charge in [-0.15, -0.1) is 11.3 Å². The van der Waals surface area contributed by atoms with E-state index in [0.29, 0.717) is 6.04 Å². The Morgan fingerprint density at radius 2 is 1.91 bits per heavy atom. The van der Waals surface area contributed by atoms with Gasteiger partial charge in [0.25, 0.3) is 5.56 Å². The molecule has 2 aliphatic rings. The summed E-state index contributed by atoms with van der Waals surface area (Å²) in [7, 11) is 0. The van der Waals surface area contributed by atoms with Crippen molar-refractivity contribution in [1.82, 2.24) is 14.7 Å². The molecule has 2 aliphatic carbocycles. The molecule has 4 rings (SSSR count). The van der Waals surface area contributed by atoms with Gasteiger partial charge in [-0.05, 0) is 38.5 Å². The number of nitrogens with zero attached hydrogens (tertiary/aromatic N) is 2. The quantitative estimate of drug-likeness (QED) is 0.876. The van der Waals surface area contributed by atoms with Crippen molar-refractivity contribution in [3.05, 3.63) is 32.7 Å². The van der Waals surface area contributed by atoms with E-state index in [1.165, 1.54) is 61.9 Å². The lowest BCUT2D eigenvalue weighted by atomic mass is 10.0. The summed E-state index contributed by atoms with van der Waals surface area (Å²) >= 11 is 1.72. The predicted octanol–water partition coefficient (Wildman–Crippen LogP) is 3.45. The third-order valence-corrected chi connectivity index (χ3v) is 6.38. The van der Waals surface area contributed by atoms with E-state index in [4.69, 9.17) is 4.98 Å². The number of nitrogens with one attached hydrogen (secondary N) is 1. The summed E-state index contributed by atoms with van der Waals surface area (Å²) in [5.74, 6) is 0. The Kier molecular flexibility index (Phi) is 4.49. The molecule has 0 unspecified atom stereocenters. The first kappa shape index (κ1) is 15.3. The Balaban J connectivity index is 1.55. The topological polar surface area (TPSA) is 46.4 Å². The molecular formula is C18H25N3OS. The average Bonchev–Trinajstić information content (AvgIpc) is 2.74. The van der Waals surface area contributed by atoms with Crippen molar-refractivity contribution in [2.24, 2.45) is 0 Å². The molecule has 0 spiro atoms. The molecule has 4 nitrogen and oxygen atoms in total. The van der Waals surface area contributed by atoms with E-state index < -0.39 is 0 Å². The number of hydrogen-bond donors (Lipinski definition) is 1. The molecule has 0 amide bonds. The van der Waals surface area contributed by atoms with Crippen LogP contribution >= 0.6 is 11.3 Å². The third kappa shape index (κ3) is 3.22. The van der Waals surface area contributed by atoms with Crippen LogP contribution in [0.5, 0.6) is 0 Å². The molecule has 1 fully saturated rings. The van der Waals surface area contributed by atoms with Crippen molar-refractivity contribution in [3.63, 3.8) is 0 Å². The standard InChI is InChI=1S/C18H25N3OS/c22-17-11-14(12-19-13-7-3-1-2-4-8-13)20-18-21(17)15-9-5-6-10-16(15)23-18/h11,13,19H,1-10,12H2. The van der Waals surface area contributed by atoms with Gasteiger partial charge in [-0.1, -0.05) is 25.7 Å². The van der Waals surface area contributed by atoms with E-state index in [1.807, 2.05) is 4.40 Å². The van der Waals surface area contributed by atoms with Crippen LogP contribution in [0.3, 0.4) is 0 Å². The normalized spacial score (nSPS) is 19.7. The molecule has 0 atom stereocenters. The maximum Gasteiger partial charge on any atom is 0.259 e. The fourth-order valence-corrected chi connectivity index (χ4v) is 5.20. The summed E-state index contributed by atoms with van der Waals surface area (Å²) in [6, 6.07) is 2.33. The minimum atomic E-state index is 0.104. The summed E-state index contributed by atoms with van der Waals surface area (Å²) in [6.07, 6.45) is 12.5. The highest BCUT2D eigenvalue weighted by Crippen LogP contribution is 2.28. The van der Waals surface area contributed by atoms with Crippen LogP contribution in [0.1, 0.15) is 67.6 Å². The first-order valence-electron chi connectivity index (χ1n) is 9.08. The molecule has 0 aromatic carbocycles. The van der Waals surface area contributed by atoms with E-state index >= 15 is 0 Å². The minimum Gasteiger partial charge on any atom is -0.308 e. The lowest BCUT2D eigenvalue weighted by Crippen LogP contribution is -2.29. The van der Waals surface area contributed by atoms with Crippen molar-refractivity contribution in [2.75, 3.05) is 0 Å². The second-order valence-electron chi connectivity index (χ2n) is 6.95. The van der Waals surface area contributed by atoms with E-state index in [9.17, 15) is 4.79 Å². The number of rotatable bonds is 3. The largest absolute Gasteiger partial charge is 0.308 e. The smallest absolute Gasteiger partial charge is 0.259 e. The van der Waals surface area contributed by atoms with Crippen molar-refractivity contribution in [3.8, 4) is 0 Å². The number of thiazole rings is 1. The molecule has 2 aromatic rings. The first-order chi connectivity index (χ1) is 11.3. The molecule has 0 bridgehead atoms. The van der Waals surface area contributed by atoms with Crippen LogP contribution in [-0.2, 0) is 19.4 Å². The van der Waals surface area contributed by atoms with Gasteiger partial charge in [-0.25, -0.2) is 4.98 Å². The van der Waals surface area contributed by atoms with Crippen molar-refractivity contribution in [1.29, 1.82) is 0 Å². The number of aryl methyl sites for hydroxylation is 2. The summed E-state index contributed by atoms with van der Waals surface area (Å²) in [5.41, 5.74) is 2.22. The van der Waals surface area contributed by atoms with E-state index in [2.05, 4.69) is 5.32 Å². The zero-order valence-corrected chi connectivity index (χ0v) is 14.5. The molecular weight excluding hydrogens is 306 g/mol. The van der Waals surface area contributed by atoms with Gasteiger partial charge in [0, 0.05) is 29.2 Å². The number of aromatic nitrogens is 2. The van der Waals surface area contributed by atoms with Crippen molar-refractivity contribution < 1.29 is 0 Å². The molecule has 1 N–H and O–H groups in total. The van der Waals surface area contributed by atoms with Crippen LogP contribution in [0.25, 0.3) is 4.96 Å². The van der Waals surface area contributed by atoms with Crippen molar-refractivity contribution in [2.45, 2.75) is 76.8 Å². The Labute approximate surface area is 140 Å². The molecule has 0 aliphatic heterocycles. The summed E-state index contributed by atoms with van der Waals surface area (Å²) < 4.78 is 1.86. The Bertz CT molecular complexity index is 741. The fraction of sp³-hybridized carbons (Fsp3) is 0.667. The van der Waals surface area contributed by atoms with E-state index in [0.717, 1.165) is 30.0 Å². The van der Waals surface area contributed by atoms with Crippen LogP contribution in [0.4, 0.5) is 0 Å². The zero-order valence-electron chi connectivity index (χ0n) is 13.6. The lowest BCUT2D eigenvalue weighted by molar-refractivity contribution is 0.456. The Morgan fingerprint density at radius 3 is 2.74 bits per heavy atom. The van der Waals surface area contributed by atoms with Gasteiger partial charge in [0.2, 0.25) is 0 Å². The van der Waals surface area contributed by atoms with Crippen LogP contribution < -0.4 is 10.9 Å². The fourth-order valence-electron chi connectivity index (χ4n) is 3.96. The highest BCUT2D eigenvalue weighted by molar-refractivity contribution is 7.17. The van der Waals surface area contributed by atoms with Gasteiger partial charge in [0.15, 0.2) is 4.96 Å². The second kappa shape index (κ2) is 6.73. The van der Waals surface area contributed by atoms with Gasteiger partial charge in [-0.2, -0.15) is 0 Å². The number of hydrogen-bond acceptors (Lipinski definition) is 4. The molecule has 5 heteroatoms. The van der Waals surface area contributed by atoms with E-state index in [-0.39, 0.29) is 5.56 Å². The first-order valence-corrected chi connectivity index (χ1v) is 9.89. The molecule has 2 aromatic heterocycles. The summed E-state index contributed by atoms with van der Waals surface area (Å²) in [4.78, 5) is 19.6. The predicted molar refractivity (Wildman–Crippen MR) is 94.3 cm³/mol. The Morgan fingerprint density at radius 1 is 1.13 bits per heavy atom. The monoisotopic (exact) mass is 331 g/mol. The molecule has 124 valence electrons. The third-order valence-electron chi connectivity index (χ3n) is 5.24. The van der Waals surface area contributed by atoms with Crippen LogP contribution in [0.15, 0.2) is 10.9 Å². The molecule has 23 heavy (non-hydrogen) atoms. The van der Waals surface area contributed by atoms with Crippen LogP contribution in [0, 0.1) is 0 Å². The molecule has 0 radical (unpaired) electrons. The van der Waals surface area contributed by atoms with E-state index in [1.54, 1.807) is 17.4 Å². The van der Waals surface area contributed by atoms with Gasteiger partial charge >= 0.3 is 0 Å². The van der Waals surface area contributed by atoms with Gasteiger partial charge in [-0.3, -0.25) is 9.20 Å².